The summed E-state index contributed by atoms with van der Waals surface area (Å²) in [6.07, 6.45) is 3.23. The van der Waals surface area contributed by atoms with Crippen molar-refractivity contribution in [3.63, 3.8) is 0 Å². The van der Waals surface area contributed by atoms with Crippen LogP contribution in [0.2, 0.25) is 0 Å². The molecule has 7 nitrogen and oxygen atoms in total. The van der Waals surface area contributed by atoms with E-state index < -0.39 is 0 Å². The van der Waals surface area contributed by atoms with Crippen molar-refractivity contribution in [3.05, 3.63) is 35.9 Å². The molecular formula is C17H22N4O3. The maximum Gasteiger partial charge on any atom is 0.227 e. The third-order valence-electron chi connectivity index (χ3n) is 4.07. The number of aromatic nitrogens is 3. The number of aliphatic hydroxyl groups is 1. The van der Waals surface area contributed by atoms with Crippen molar-refractivity contribution < 1.29 is 14.6 Å². The molecule has 1 N–H and O–H groups in total. The summed E-state index contributed by atoms with van der Waals surface area (Å²) in [5.74, 6) is 2.08. The van der Waals surface area contributed by atoms with Crippen LogP contribution in [0, 0.1) is 19.8 Å². The van der Waals surface area contributed by atoms with Gasteiger partial charge in [-0.05, 0) is 26.0 Å². The number of aryl methyl sites for hydroxylation is 1. The maximum atomic E-state index is 9.46. The predicted molar refractivity (Wildman–Crippen MR) is 89.4 cm³/mol. The minimum Gasteiger partial charge on any atom is -0.437 e. The SMILES string of the molecule is Cc1ncccc1Oc1ncnc(N2CCOCC(CO)C2)c1C. The lowest BCUT2D eigenvalue weighted by atomic mass is 10.1. The van der Waals surface area contributed by atoms with E-state index in [1.54, 1.807) is 6.20 Å². The average Bonchev–Trinajstić information content (AvgIpc) is 2.84. The molecule has 2 aromatic rings. The molecule has 1 atom stereocenters. The van der Waals surface area contributed by atoms with E-state index >= 15 is 0 Å². The average molecular weight is 330 g/mol. The Balaban J connectivity index is 1.86. The summed E-state index contributed by atoms with van der Waals surface area (Å²) in [5, 5.41) is 9.46. The molecule has 1 saturated heterocycles. The van der Waals surface area contributed by atoms with E-state index in [-0.39, 0.29) is 12.5 Å². The van der Waals surface area contributed by atoms with Crippen LogP contribution in [-0.2, 0) is 4.74 Å². The van der Waals surface area contributed by atoms with Gasteiger partial charge in [0, 0.05) is 31.8 Å². The minimum atomic E-state index is 0.0757. The predicted octanol–water partition coefficient (Wildman–Crippen LogP) is 1.73. The molecular weight excluding hydrogens is 308 g/mol. The summed E-state index contributed by atoms with van der Waals surface area (Å²) in [6.45, 7) is 6.52. The fourth-order valence-corrected chi connectivity index (χ4v) is 2.71. The highest BCUT2D eigenvalue weighted by molar-refractivity contribution is 5.51. The molecule has 3 heterocycles. The Hall–Kier alpha value is -2.25. The lowest BCUT2D eigenvalue weighted by Crippen LogP contribution is -2.32. The number of hydrogen-bond donors (Lipinski definition) is 1. The van der Waals surface area contributed by atoms with E-state index in [4.69, 9.17) is 9.47 Å². The van der Waals surface area contributed by atoms with Gasteiger partial charge in [-0.3, -0.25) is 4.98 Å². The molecule has 2 aromatic heterocycles. The molecule has 24 heavy (non-hydrogen) atoms. The second-order valence-corrected chi connectivity index (χ2v) is 5.89. The highest BCUT2D eigenvalue weighted by Gasteiger charge is 2.22. The molecule has 0 spiro atoms. The molecule has 3 rings (SSSR count). The molecule has 0 bridgehead atoms. The topological polar surface area (TPSA) is 80.6 Å². The van der Waals surface area contributed by atoms with Gasteiger partial charge in [0.05, 0.1) is 24.5 Å². The van der Waals surface area contributed by atoms with Gasteiger partial charge in [-0.1, -0.05) is 0 Å². The summed E-state index contributed by atoms with van der Waals surface area (Å²) in [6, 6.07) is 3.70. The van der Waals surface area contributed by atoms with E-state index in [0.29, 0.717) is 31.4 Å². The normalized spacial score (nSPS) is 18.3. The molecule has 1 aliphatic rings. The zero-order chi connectivity index (χ0) is 16.9. The number of pyridine rings is 1. The Morgan fingerprint density at radius 2 is 2.21 bits per heavy atom. The van der Waals surface area contributed by atoms with Crippen LogP contribution in [0.15, 0.2) is 24.7 Å². The van der Waals surface area contributed by atoms with E-state index in [0.717, 1.165) is 23.6 Å². The van der Waals surface area contributed by atoms with Crippen molar-refractivity contribution >= 4 is 5.82 Å². The first-order valence-electron chi connectivity index (χ1n) is 8.03. The standard InChI is InChI=1S/C17H22N4O3/c1-12-16(21-6-7-23-10-14(8-21)9-22)19-11-20-17(12)24-15-4-3-5-18-13(15)2/h3-5,11,14,22H,6-10H2,1-2H3. The van der Waals surface area contributed by atoms with Gasteiger partial charge in [0.15, 0.2) is 5.75 Å². The molecule has 1 unspecified atom stereocenters. The largest absolute Gasteiger partial charge is 0.437 e. The summed E-state index contributed by atoms with van der Waals surface area (Å²) in [4.78, 5) is 15.0. The number of rotatable bonds is 4. The Kier molecular flexibility index (Phi) is 5.22. The molecule has 0 amide bonds. The number of hydrogen-bond acceptors (Lipinski definition) is 7. The summed E-state index contributed by atoms with van der Waals surface area (Å²) in [5.41, 5.74) is 1.67. The Morgan fingerprint density at radius 3 is 3.00 bits per heavy atom. The highest BCUT2D eigenvalue weighted by atomic mass is 16.5. The van der Waals surface area contributed by atoms with E-state index in [1.165, 1.54) is 6.33 Å². The molecule has 0 aromatic carbocycles. The molecule has 7 heteroatoms. The van der Waals surface area contributed by atoms with E-state index in [1.807, 2.05) is 26.0 Å². The van der Waals surface area contributed by atoms with Gasteiger partial charge in [-0.15, -0.1) is 0 Å². The molecule has 0 saturated carbocycles. The highest BCUT2D eigenvalue weighted by Crippen LogP contribution is 2.29. The molecule has 1 fully saturated rings. The van der Waals surface area contributed by atoms with Gasteiger partial charge in [0.2, 0.25) is 5.88 Å². The van der Waals surface area contributed by atoms with Crippen molar-refractivity contribution in [2.24, 2.45) is 5.92 Å². The van der Waals surface area contributed by atoms with E-state index in [2.05, 4.69) is 19.9 Å². The molecule has 1 aliphatic heterocycles. The van der Waals surface area contributed by atoms with Crippen molar-refractivity contribution in [2.75, 3.05) is 37.8 Å². The van der Waals surface area contributed by atoms with Crippen molar-refractivity contribution in [1.82, 2.24) is 15.0 Å². The van der Waals surface area contributed by atoms with Crippen LogP contribution >= 0.6 is 0 Å². The van der Waals surface area contributed by atoms with E-state index in [9.17, 15) is 5.11 Å². The second kappa shape index (κ2) is 7.55. The number of anilines is 1. The van der Waals surface area contributed by atoms with Gasteiger partial charge in [-0.25, -0.2) is 9.97 Å². The maximum absolute atomic E-state index is 9.46. The van der Waals surface area contributed by atoms with Crippen LogP contribution in [0.4, 0.5) is 5.82 Å². The number of nitrogens with zero attached hydrogens (tertiary/aromatic N) is 4. The van der Waals surface area contributed by atoms with Gasteiger partial charge in [0.25, 0.3) is 0 Å². The third kappa shape index (κ3) is 3.63. The quantitative estimate of drug-likeness (QED) is 0.914. The van der Waals surface area contributed by atoms with Gasteiger partial charge < -0.3 is 19.5 Å². The number of ether oxygens (including phenoxy) is 2. The second-order valence-electron chi connectivity index (χ2n) is 5.89. The van der Waals surface area contributed by atoms with Crippen LogP contribution in [0.5, 0.6) is 11.6 Å². The molecule has 0 radical (unpaired) electrons. The lowest BCUT2D eigenvalue weighted by molar-refractivity contribution is 0.0959. The van der Waals surface area contributed by atoms with Crippen molar-refractivity contribution in [2.45, 2.75) is 13.8 Å². The summed E-state index contributed by atoms with van der Waals surface area (Å²) in [7, 11) is 0. The first-order chi connectivity index (χ1) is 11.7. The summed E-state index contributed by atoms with van der Waals surface area (Å²) >= 11 is 0. The van der Waals surface area contributed by atoms with Gasteiger partial charge >= 0.3 is 0 Å². The fraction of sp³-hybridized carbons (Fsp3) is 0.471. The first-order valence-corrected chi connectivity index (χ1v) is 8.03. The lowest BCUT2D eigenvalue weighted by Gasteiger charge is -2.25. The zero-order valence-corrected chi connectivity index (χ0v) is 14.0. The Bertz CT molecular complexity index is 695. The summed E-state index contributed by atoms with van der Waals surface area (Å²) < 4.78 is 11.5. The third-order valence-corrected chi connectivity index (χ3v) is 4.07. The van der Waals surface area contributed by atoms with Crippen LogP contribution in [-0.4, -0.2) is 53.0 Å². The Labute approximate surface area is 141 Å². The minimum absolute atomic E-state index is 0.0757. The Morgan fingerprint density at radius 1 is 1.33 bits per heavy atom. The first kappa shape index (κ1) is 16.6. The van der Waals surface area contributed by atoms with Crippen LogP contribution in [0.25, 0.3) is 0 Å². The van der Waals surface area contributed by atoms with Crippen molar-refractivity contribution in [1.29, 1.82) is 0 Å². The van der Waals surface area contributed by atoms with Gasteiger partial charge in [0.1, 0.15) is 12.1 Å². The zero-order valence-electron chi connectivity index (χ0n) is 14.0. The van der Waals surface area contributed by atoms with Gasteiger partial charge in [-0.2, -0.15) is 0 Å². The smallest absolute Gasteiger partial charge is 0.227 e. The number of aliphatic hydroxyl groups excluding tert-OH is 1. The van der Waals surface area contributed by atoms with Crippen molar-refractivity contribution in [3.8, 4) is 11.6 Å². The van der Waals surface area contributed by atoms with Crippen LogP contribution in [0.1, 0.15) is 11.3 Å². The fourth-order valence-electron chi connectivity index (χ4n) is 2.71. The molecule has 0 aliphatic carbocycles. The molecule has 128 valence electrons. The van der Waals surface area contributed by atoms with Crippen LogP contribution < -0.4 is 9.64 Å². The van der Waals surface area contributed by atoms with Crippen LogP contribution in [0.3, 0.4) is 0 Å². The monoisotopic (exact) mass is 330 g/mol.